The van der Waals surface area contributed by atoms with Crippen LogP contribution in [0.3, 0.4) is 0 Å². The van der Waals surface area contributed by atoms with Gasteiger partial charge in [0, 0.05) is 12.8 Å². The van der Waals surface area contributed by atoms with Crippen LogP contribution in [0.5, 0.6) is 0 Å². The van der Waals surface area contributed by atoms with Gasteiger partial charge in [-0.05, 0) is 80.0 Å². The predicted octanol–water partition coefficient (Wildman–Crippen LogP) is 3.32. The minimum absolute atomic E-state index is 0.0925. The largest absolute Gasteiger partial charge is 0.393 e. The average molecular weight is 320 g/mol. The van der Waals surface area contributed by atoms with E-state index >= 15 is 0 Å². The molecular formula is C20H32O3. The molecule has 1 unspecified atom stereocenters. The van der Waals surface area contributed by atoms with Crippen molar-refractivity contribution in [3.63, 3.8) is 0 Å². The molecule has 0 saturated heterocycles. The Hall–Kier alpha value is -0.410. The molecule has 0 aliphatic heterocycles. The Labute approximate surface area is 139 Å². The quantitative estimate of drug-likeness (QED) is 0.720. The van der Waals surface area contributed by atoms with Crippen molar-refractivity contribution >= 4 is 5.78 Å². The van der Waals surface area contributed by atoms with E-state index in [1.165, 1.54) is 0 Å². The SMILES string of the molecule is C[C@]12C[C@](C)(O)[C@H]3[C@@H](CCC4CC(=O)CC[C@@]43C)[C@@H]1CC[C@@H]2O. The number of aliphatic hydroxyl groups excluding tert-OH is 1. The van der Waals surface area contributed by atoms with E-state index in [1.54, 1.807) is 0 Å². The summed E-state index contributed by atoms with van der Waals surface area (Å²) >= 11 is 0. The van der Waals surface area contributed by atoms with Crippen LogP contribution in [0.1, 0.15) is 72.1 Å². The van der Waals surface area contributed by atoms with E-state index in [0.29, 0.717) is 36.4 Å². The third-order valence-electron chi connectivity index (χ3n) is 8.62. The number of carbonyl (C=O) groups is 1. The van der Waals surface area contributed by atoms with Gasteiger partial charge in [-0.2, -0.15) is 0 Å². The van der Waals surface area contributed by atoms with Gasteiger partial charge in [-0.25, -0.2) is 0 Å². The van der Waals surface area contributed by atoms with E-state index in [-0.39, 0.29) is 22.9 Å². The fourth-order valence-corrected chi connectivity index (χ4v) is 7.80. The Morgan fingerprint density at radius 3 is 2.52 bits per heavy atom. The topological polar surface area (TPSA) is 57.5 Å². The Morgan fingerprint density at radius 2 is 1.78 bits per heavy atom. The van der Waals surface area contributed by atoms with Crippen molar-refractivity contribution in [3.05, 3.63) is 0 Å². The molecule has 0 bridgehead atoms. The van der Waals surface area contributed by atoms with Crippen LogP contribution < -0.4 is 0 Å². The molecule has 0 aromatic rings. The molecule has 0 amide bonds. The molecule has 0 aromatic carbocycles. The average Bonchev–Trinajstić information content (AvgIpc) is 2.73. The molecule has 4 rings (SSSR count). The summed E-state index contributed by atoms with van der Waals surface area (Å²) in [6.45, 7) is 6.57. The normalized spacial score (nSPS) is 59.2. The Morgan fingerprint density at radius 1 is 1.04 bits per heavy atom. The smallest absolute Gasteiger partial charge is 0.133 e. The summed E-state index contributed by atoms with van der Waals surface area (Å²) in [7, 11) is 0. The molecule has 0 radical (unpaired) electrons. The van der Waals surface area contributed by atoms with Gasteiger partial charge in [-0.15, -0.1) is 0 Å². The van der Waals surface area contributed by atoms with E-state index in [9.17, 15) is 15.0 Å². The lowest BCUT2D eigenvalue weighted by Crippen LogP contribution is -2.63. The number of ketones is 1. The molecule has 3 heteroatoms. The molecule has 0 aromatic heterocycles. The molecule has 8 atom stereocenters. The second-order valence-corrected chi connectivity index (χ2v) is 9.90. The molecule has 3 nitrogen and oxygen atoms in total. The van der Waals surface area contributed by atoms with Crippen molar-refractivity contribution < 1.29 is 15.0 Å². The number of carbonyl (C=O) groups excluding carboxylic acids is 1. The van der Waals surface area contributed by atoms with E-state index in [2.05, 4.69) is 13.8 Å². The van der Waals surface area contributed by atoms with Crippen LogP contribution in [0, 0.1) is 34.5 Å². The van der Waals surface area contributed by atoms with Crippen LogP contribution in [0.15, 0.2) is 0 Å². The first-order valence-electron chi connectivity index (χ1n) is 9.60. The highest BCUT2D eigenvalue weighted by molar-refractivity contribution is 5.79. The molecular weight excluding hydrogens is 288 g/mol. The number of aliphatic hydroxyl groups is 2. The zero-order chi connectivity index (χ0) is 16.6. The molecule has 4 fully saturated rings. The number of Topliss-reactive ketones (excluding diaryl/α,β-unsaturated/α-hetero) is 1. The van der Waals surface area contributed by atoms with Gasteiger partial charge in [0.15, 0.2) is 0 Å². The second-order valence-electron chi connectivity index (χ2n) is 9.90. The first kappa shape index (κ1) is 16.1. The Bertz CT molecular complexity index is 527. The minimum Gasteiger partial charge on any atom is -0.393 e. The lowest BCUT2D eigenvalue weighted by Gasteiger charge is -2.64. The van der Waals surface area contributed by atoms with Gasteiger partial charge in [0.05, 0.1) is 11.7 Å². The molecule has 23 heavy (non-hydrogen) atoms. The van der Waals surface area contributed by atoms with Gasteiger partial charge in [-0.1, -0.05) is 13.8 Å². The number of fused-ring (bicyclic) bond motifs is 5. The molecule has 4 aliphatic rings. The summed E-state index contributed by atoms with van der Waals surface area (Å²) in [5.74, 6) is 2.20. The molecule has 2 N–H and O–H groups in total. The Kier molecular flexibility index (Phi) is 3.37. The van der Waals surface area contributed by atoms with Gasteiger partial charge in [-0.3, -0.25) is 4.79 Å². The van der Waals surface area contributed by atoms with Crippen LogP contribution in [0.25, 0.3) is 0 Å². The molecule has 4 aliphatic carbocycles. The zero-order valence-electron chi connectivity index (χ0n) is 14.8. The number of rotatable bonds is 0. The van der Waals surface area contributed by atoms with Crippen molar-refractivity contribution in [1.82, 2.24) is 0 Å². The van der Waals surface area contributed by atoms with Crippen molar-refractivity contribution in [3.8, 4) is 0 Å². The first-order chi connectivity index (χ1) is 10.7. The van der Waals surface area contributed by atoms with Crippen molar-refractivity contribution in [2.45, 2.75) is 83.8 Å². The maximum Gasteiger partial charge on any atom is 0.133 e. The monoisotopic (exact) mass is 320 g/mol. The lowest BCUT2D eigenvalue weighted by atomic mass is 9.41. The summed E-state index contributed by atoms with van der Waals surface area (Å²) in [6.07, 6.45) is 7.05. The van der Waals surface area contributed by atoms with E-state index in [4.69, 9.17) is 0 Å². The van der Waals surface area contributed by atoms with Crippen LogP contribution in [0.2, 0.25) is 0 Å². The van der Waals surface area contributed by atoms with Crippen LogP contribution in [-0.4, -0.2) is 27.7 Å². The summed E-state index contributed by atoms with van der Waals surface area (Å²) in [5, 5.41) is 22.1. The lowest BCUT2D eigenvalue weighted by molar-refractivity contribution is -0.218. The highest BCUT2D eigenvalue weighted by atomic mass is 16.3. The van der Waals surface area contributed by atoms with Crippen molar-refractivity contribution in [2.75, 3.05) is 0 Å². The van der Waals surface area contributed by atoms with E-state index < -0.39 is 5.60 Å². The van der Waals surface area contributed by atoms with Gasteiger partial charge in [0.2, 0.25) is 0 Å². The second kappa shape index (κ2) is 4.82. The fourth-order valence-electron chi connectivity index (χ4n) is 7.80. The van der Waals surface area contributed by atoms with Gasteiger partial charge in [0.1, 0.15) is 5.78 Å². The number of hydrogen-bond acceptors (Lipinski definition) is 3. The summed E-state index contributed by atoms with van der Waals surface area (Å²) in [4.78, 5) is 12.0. The molecule has 0 heterocycles. The van der Waals surface area contributed by atoms with Crippen LogP contribution in [0.4, 0.5) is 0 Å². The first-order valence-corrected chi connectivity index (χ1v) is 9.60. The van der Waals surface area contributed by atoms with Crippen molar-refractivity contribution in [2.24, 2.45) is 34.5 Å². The Balaban J connectivity index is 1.75. The van der Waals surface area contributed by atoms with E-state index in [0.717, 1.165) is 38.5 Å². The minimum atomic E-state index is -0.727. The van der Waals surface area contributed by atoms with Crippen molar-refractivity contribution in [1.29, 1.82) is 0 Å². The molecule has 130 valence electrons. The van der Waals surface area contributed by atoms with Crippen LogP contribution in [-0.2, 0) is 4.79 Å². The van der Waals surface area contributed by atoms with Crippen LogP contribution >= 0.6 is 0 Å². The summed E-state index contributed by atoms with van der Waals surface area (Å²) < 4.78 is 0. The predicted molar refractivity (Wildman–Crippen MR) is 88.7 cm³/mol. The molecule has 0 spiro atoms. The maximum absolute atomic E-state index is 12.0. The van der Waals surface area contributed by atoms with E-state index in [1.807, 2.05) is 6.92 Å². The highest BCUT2D eigenvalue weighted by Crippen LogP contribution is 2.68. The standard InChI is InChI=1S/C20H32O3/c1-18-9-8-13(21)10-12(18)4-5-14-15-6-7-16(22)19(15,2)11-20(3,23)17(14)18/h12,14-17,22-23H,4-11H2,1-3H3/t12?,14-,15-,16-,17-,18-,19-,20-/m0/s1. The van der Waals surface area contributed by atoms with Gasteiger partial charge in [0.25, 0.3) is 0 Å². The molecule has 4 saturated carbocycles. The fraction of sp³-hybridized carbons (Fsp3) is 0.950. The third kappa shape index (κ3) is 2.05. The number of hydrogen-bond donors (Lipinski definition) is 2. The summed E-state index contributed by atoms with van der Waals surface area (Å²) in [6, 6.07) is 0. The zero-order valence-corrected chi connectivity index (χ0v) is 14.8. The van der Waals surface area contributed by atoms with Gasteiger partial charge >= 0.3 is 0 Å². The summed E-state index contributed by atoms with van der Waals surface area (Å²) in [5.41, 5.74) is -0.761. The highest BCUT2D eigenvalue weighted by Gasteiger charge is 2.66. The van der Waals surface area contributed by atoms with Gasteiger partial charge < -0.3 is 10.2 Å². The maximum atomic E-state index is 12.0. The third-order valence-corrected chi connectivity index (χ3v) is 8.62.